The van der Waals surface area contributed by atoms with Crippen molar-refractivity contribution in [2.75, 3.05) is 0 Å². The van der Waals surface area contributed by atoms with Gasteiger partial charge in [0.1, 0.15) is 0 Å². The molecule has 1 heteroatoms. The van der Waals surface area contributed by atoms with Crippen LogP contribution in [0.4, 0.5) is 0 Å². The third-order valence-electron chi connectivity index (χ3n) is 2.31. The predicted octanol–water partition coefficient (Wildman–Crippen LogP) is 2.46. The van der Waals surface area contributed by atoms with Crippen LogP contribution in [0.1, 0.15) is 23.6 Å². The zero-order valence-corrected chi connectivity index (χ0v) is 7.52. The van der Waals surface area contributed by atoms with Crippen molar-refractivity contribution in [3.63, 3.8) is 0 Å². The Balaban J connectivity index is 2.57. The smallest absolute Gasteiger partial charge is 0.0407 e. The fourth-order valence-corrected chi connectivity index (χ4v) is 1.64. The van der Waals surface area contributed by atoms with Gasteiger partial charge < -0.3 is 5.32 Å². The summed E-state index contributed by atoms with van der Waals surface area (Å²) in [5.41, 5.74) is 5.39. The maximum atomic E-state index is 3.36. The first kappa shape index (κ1) is 7.41. The molecule has 0 spiro atoms. The quantitative estimate of drug-likeness (QED) is 0.613. The Morgan fingerprint density at radius 3 is 3.00 bits per heavy atom. The summed E-state index contributed by atoms with van der Waals surface area (Å²) < 4.78 is 0. The minimum Gasteiger partial charge on any atom is -0.381 e. The van der Waals surface area contributed by atoms with Crippen molar-refractivity contribution in [3.8, 4) is 0 Å². The van der Waals surface area contributed by atoms with Gasteiger partial charge in [-0.25, -0.2) is 0 Å². The number of hydrogen-bond acceptors (Lipinski definition) is 1. The van der Waals surface area contributed by atoms with Gasteiger partial charge in [0.05, 0.1) is 0 Å². The number of hydrogen-bond donors (Lipinski definition) is 1. The maximum absolute atomic E-state index is 3.36. The molecule has 0 unspecified atom stereocenters. The molecular formula is C11H13N. The minimum absolute atomic E-state index is 0.981. The van der Waals surface area contributed by atoms with Gasteiger partial charge in [-0.2, -0.15) is 0 Å². The summed E-state index contributed by atoms with van der Waals surface area (Å²) in [6, 6.07) is 6.61. The van der Waals surface area contributed by atoms with Crippen LogP contribution in [0.25, 0.3) is 5.70 Å². The minimum atomic E-state index is 0.981. The van der Waals surface area contributed by atoms with Crippen LogP contribution in [0.3, 0.4) is 0 Å². The van der Waals surface area contributed by atoms with Gasteiger partial charge in [0.2, 0.25) is 0 Å². The SMILES string of the molecule is C/C=C1\NCc2ccc(C)cc21. The topological polar surface area (TPSA) is 12.0 Å². The molecule has 62 valence electrons. The van der Waals surface area contributed by atoms with Gasteiger partial charge in [0.25, 0.3) is 0 Å². The van der Waals surface area contributed by atoms with E-state index in [4.69, 9.17) is 0 Å². The fraction of sp³-hybridized carbons (Fsp3) is 0.273. The lowest BCUT2D eigenvalue weighted by Gasteiger charge is -2.00. The maximum Gasteiger partial charge on any atom is 0.0407 e. The van der Waals surface area contributed by atoms with E-state index in [1.807, 2.05) is 0 Å². The van der Waals surface area contributed by atoms with E-state index in [1.165, 1.54) is 22.4 Å². The summed E-state index contributed by atoms with van der Waals surface area (Å²) >= 11 is 0. The van der Waals surface area contributed by atoms with Crippen molar-refractivity contribution in [2.45, 2.75) is 20.4 Å². The zero-order valence-electron chi connectivity index (χ0n) is 7.52. The number of benzene rings is 1. The van der Waals surface area contributed by atoms with Crippen LogP contribution in [0.15, 0.2) is 24.3 Å². The first-order valence-electron chi connectivity index (χ1n) is 4.31. The average Bonchev–Trinajstić information content (AvgIpc) is 2.46. The van der Waals surface area contributed by atoms with Crippen LogP contribution in [0, 0.1) is 6.92 Å². The van der Waals surface area contributed by atoms with Gasteiger partial charge in [0, 0.05) is 17.8 Å². The second kappa shape index (κ2) is 2.67. The summed E-state index contributed by atoms with van der Waals surface area (Å²) in [6.45, 7) is 5.18. The summed E-state index contributed by atoms with van der Waals surface area (Å²) in [4.78, 5) is 0. The molecule has 0 atom stereocenters. The van der Waals surface area contributed by atoms with E-state index in [9.17, 15) is 0 Å². The highest BCUT2D eigenvalue weighted by Crippen LogP contribution is 2.24. The molecule has 0 saturated heterocycles. The number of rotatable bonds is 0. The van der Waals surface area contributed by atoms with Crippen molar-refractivity contribution < 1.29 is 0 Å². The Morgan fingerprint density at radius 2 is 2.25 bits per heavy atom. The van der Waals surface area contributed by atoms with Gasteiger partial charge in [0.15, 0.2) is 0 Å². The second-order valence-electron chi connectivity index (χ2n) is 3.22. The van der Waals surface area contributed by atoms with E-state index in [0.29, 0.717) is 0 Å². The Hall–Kier alpha value is -1.24. The van der Waals surface area contributed by atoms with E-state index >= 15 is 0 Å². The van der Waals surface area contributed by atoms with Crippen LogP contribution >= 0.6 is 0 Å². The normalized spacial score (nSPS) is 17.7. The Bertz CT molecular complexity index is 337. The molecule has 1 aromatic carbocycles. The van der Waals surface area contributed by atoms with Crippen molar-refractivity contribution >= 4 is 5.70 Å². The Labute approximate surface area is 73.1 Å². The molecule has 12 heavy (non-hydrogen) atoms. The molecule has 1 aliphatic heterocycles. The molecule has 0 saturated carbocycles. The van der Waals surface area contributed by atoms with Crippen molar-refractivity contribution in [3.05, 3.63) is 41.0 Å². The molecule has 1 aliphatic rings. The largest absolute Gasteiger partial charge is 0.381 e. The molecule has 0 aromatic heterocycles. The molecule has 1 nitrogen and oxygen atoms in total. The molecular weight excluding hydrogens is 146 g/mol. The van der Waals surface area contributed by atoms with Crippen LogP contribution in [0.5, 0.6) is 0 Å². The van der Waals surface area contributed by atoms with Crippen LogP contribution in [-0.4, -0.2) is 0 Å². The predicted molar refractivity (Wildman–Crippen MR) is 51.7 cm³/mol. The third-order valence-corrected chi connectivity index (χ3v) is 2.31. The van der Waals surface area contributed by atoms with Crippen LogP contribution in [-0.2, 0) is 6.54 Å². The zero-order chi connectivity index (χ0) is 8.55. The van der Waals surface area contributed by atoms with Crippen molar-refractivity contribution in [1.29, 1.82) is 0 Å². The lowest BCUT2D eigenvalue weighted by Crippen LogP contribution is -1.99. The standard InChI is InChI=1S/C11H13N/c1-3-11-10-6-8(2)4-5-9(10)7-12-11/h3-6,12H,7H2,1-2H3/b11-3-. The second-order valence-corrected chi connectivity index (χ2v) is 3.22. The van der Waals surface area contributed by atoms with Crippen LogP contribution < -0.4 is 5.32 Å². The molecule has 0 aliphatic carbocycles. The highest BCUT2D eigenvalue weighted by Gasteiger charge is 2.13. The number of fused-ring (bicyclic) bond motifs is 1. The van der Waals surface area contributed by atoms with E-state index in [-0.39, 0.29) is 0 Å². The summed E-state index contributed by atoms with van der Waals surface area (Å²) in [6.07, 6.45) is 2.13. The van der Waals surface area contributed by atoms with E-state index in [2.05, 4.69) is 43.4 Å². The molecule has 0 bridgehead atoms. The van der Waals surface area contributed by atoms with E-state index in [0.717, 1.165) is 6.54 Å². The highest BCUT2D eigenvalue weighted by molar-refractivity contribution is 5.70. The summed E-state index contributed by atoms with van der Waals surface area (Å²) in [5.74, 6) is 0. The first-order chi connectivity index (χ1) is 5.81. The monoisotopic (exact) mass is 159 g/mol. The lowest BCUT2D eigenvalue weighted by molar-refractivity contribution is 0.943. The van der Waals surface area contributed by atoms with E-state index < -0.39 is 0 Å². The highest BCUT2D eigenvalue weighted by atomic mass is 14.9. The van der Waals surface area contributed by atoms with Crippen molar-refractivity contribution in [1.82, 2.24) is 5.32 Å². The third kappa shape index (κ3) is 1.02. The molecule has 1 heterocycles. The van der Waals surface area contributed by atoms with Gasteiger partial charge in [-0.3, -0.25) is 0 Å². The lowest BCUT2D eigenvalue weighted by atomic mass is 10.1. The molecule has 2 rings (SSSR count). The van der Waals surface area contributed by atoms with Gasteiger partial charge >= 0.3 is 0 Å². The van der Waals surface area contributed by atoms with Gasteiger partial charge in [-0.1, -0.05) is 23.8 Å². The number of nitrogens with one attached hydrogen (secondary N) is 1. The molecule has 0 amide bonds. The first-order valence-corrected chi connectivity index (χ1v) is 4.31. The van der Waals surface area contributed by atoms with Gasteiger partial charge in [-0.15, -0.1) is 0 Å². The van der Waals surface area contributed by atoms with Crippen molar-refractivity contribution in [2.24, 2.45) is 0 Å². The molecule has 0 fully saturated rings. The van der Waals surface area contributed by atoms with Crippen LogP contribution in [0.2, 0.25) is 0 Å². The van der Waals surface area contributed by atoms with E-state index in [1.54, 1.807) is 0 Å². The molecule has 1 N–H and O–H groups in total. The Morgan fingerprint density at radius 1 is 1.42 bits per heavy atom. The fourth-order valence-electron chi connectivity index (χ4n) is 1.64. The Kier molecular flexibility index (Phi) is 1.65. The molecule has 1 aromatic rings. The summed E-state index contributed by atoms with van der Waals surface area (Å²) in [5, 5.41) is 3.36. The number of allylic oxidation sites excluding steroid dienone is 1. The van der Waals surface area contributed by atoms with Gasteiger partial charge in [-0.05, 0) is 25.5 Å². The summed E-state index contributed by atoms with van der Waals surface area (Å²) in [7, 11) is 0. The molecule has 0 radical (unpaired) electrons. The number of aryl methyl sites for hydroxylation is 1. The average molecular weight is 159 g/mol.